The first-order valence-electron chi connectivity index (χ1n) is 16.1. The summed E-state index contributed by atoms with van der Waals surface area (Å²) in [5.41, 5.74) is 2.75. The number of rotatable bonds is 12. The van der Waals surface area contributed by atoms with Crippen LogP contribution in [0, 0.1) is 38.2 Å². The van der Waals surface area contributed by atoms with Crippen molar-refractivity contribution >= 4 is 23.5 Å². The third-order valence-electron chi connectivity index (χ3n) is 8.13. The van der Waals surface area contributed by atoms with Gasteiger partial charge >= 0.3 is 6.09 Å². The van der Waals surface area contributed by atoms with Gasteiger partial charge in [-0.2, -0.15) is 4.98 Å². The lowest BCUT2D eigenvalue weighted by molar-refractivity contribution is 0.116. The number of hydrogen-bond acceptors (Lipinski definition) is 8. The van der Waals surface area contributed by atoms with Crippen LogP contribution >= 0.6 is 0 Å². The summed E-state index contributed by atoms with van der Waals surface area (Å²) in [6, 6.07) is 12.6. The van der Waals surface area contributed by atoms with E-state index in [1.54, 1.807) is 6.07 Å². The minimum Gasteiger partial charge on any atom is -0.489 e. The maximum Gasteiger partial charge on any atom is 0.421 e. The van der Waals surface area contributed by atoms with E-state index < -0.39 is 23.5 Å². The molecule has 2 heterocycles. The van der Waals surface area contributed by atoms with Crippen LogP contribution < -0.4 is 19.7 Å². The largest absolute Gasteiger partial charge is 0.489 e. The Balaban J connectivity index is 1.29. The average molecular weight is 663 g/mol. The van der Waals surface area contributed by atoms with Crippen molar-refractivity contribution in [3.05, 3.63) is 100 Å². The van der Waals surface area contributed by atoms with Gasteiger partial charge in [0.05, 0.1) is 6.54 Å². The fraction of sp³-hybridized carbons (Fsp3) is 0.361. The first-order valence-corrected chi connectivity index (χ1v) is 16.1. The highest BCUT2D eigenvalue weighted by Gasteiger charge is 2.24. The number of piperazine rings is 1. The fourth-order valence-electron chi connectivity index (χ4n) is 5.77. The smallest absolute Gasteiger partial charge is 0.421 e. The Labute approximate surface area is 279 Å². The highest BCUT2D eigenvalue weighted by molar-refractivity contribution is 5.88. The number of hydrogen-bond donors (Lipinski definition) is 1. The number of aryl methyl sites for hydroxylation is 3. The van der Waals surface area contributed by atoms with E-state index in [-0.39, 0.29) is 29.6 Å². The summed E-state index contributed by atoms with van der Waals surface area (Å²) in [5, 5.41) is 2.94. The molecule has 4 aromatic rings. The summed E-state index contributed by atoms with van der Waals surface area (Å²) in [5.74, 6) is -1.32. The molecule has 0 bridgehead atoms. The molecule has 1 aliphatic heterocycles. The summed E-state index contributed by atoms with van der Waals surface area (Å²) in [4.78, 5) is 28.1. The number of carbonyl (C=O) groups excluding carboxylic acids is 1. The van der Waals surface area contributed by atoms with Crippen LogP contribution in [0.25, 0.3) is 0 Å². The first kappa shape index (κ1) is 34.6. The molecule has 5 rings (SSSR count). The van der Waals surface area contributed by atoms with Gasteiger partial charge < -0.3 is 19.7 Å². The zero-order chi connectivity index (χ0) is 34.2. The van der Waals surface area contributed by atoms with Gasteiger partial charge in [-0.1, -0.05) is 24.6 Å². The second-order valence-electron chi connectivity index (χ2n) is 12.0. The van der Waals surface area contributed by atoms with E-state index in [2.05, 4.69) is 32.0 Å². The summed E-state index contributed by atoms with van der Waals surface area (Å²) in [6.07, 6.45) is 1.68. The van der Waals surface area contributed by atoms with Crippen LogP contribution in [0.5, 0.6) is 11.5 Å². The Bertz CT molecular complexity index is 1710. The molecule has 1 N–H and O–H groups in total. The van der Waals surface area contributed by atoms with E-state index in [1.807, 2.05) is 32.9 Å². The zero-order valence-corrected chi connectivity index (χ0v) is 27.7. The number of benzene rings is 3. The van der Waals surface area contributed by atoms with Crippen molar-refractivity contribution in [1.29, 1.82) is 0 Å². The lowest BCUT2D eigenvalue weighted by Gasteiger charge is -2.34. The molecule has 0 radical (unpaired) electrons. The van der Waals surface area contributed by atoms with Gasteiger partial charge in [0.25, 0.3) is 0 Å². The summed E-state index contributed by atoms with van der Waals surface area (Å²) in [7, 11) is 0. The second-order valence-corrected chi connectivity index (χ2v) is 12.0. The van der Waals surface area contributed by atoms with Gasteiger partial charge in [-0.05, 0) is 81.3 Å². The highest BCUT2D eigenvalue weighted by Crippen LogP contribution is 2.28. The summed E-state index contributed by atoms with van der Waals surface area (Å²) >= 11 is 0. The van der Waals surface area contributed by atoms with Crippen LogP contribution in [0.2, 0.25) is 0 Å². The Morgan fingerprint density at radius 2 is 1.60 bits per heavy atom. The van der Waals surface area contributed by atoms with E-state index in [1.165, 1.54) is 24.4 Å². The van der Waals surface area contributed by atoms with E-state index in [9.17, 15) is 13.6 Å². The molecule has 48 heavy (non-hydrogen) atoms. The minimum atomic E-state index is -0.853. The van der Waals surface area contributed by atoms with Crippen molar-refractivity contribution in [2.45, 2.75) is 40.7 Å². The first-order chi connectivity index (χ1) is 23.1. The van der Waals surface area contributed by atoms with E-state index in [0.717, 1.165) is 78.9 Å². The van der Waals surface area contributed by atoms with Crippen LogP contribution in [0.3, 0.4) is 0 Å². The molecule has 0 unspecified atom stereocenters. The van der Waals surface area contributed by atoms with Crippen LogP contribution in [0.15, 0.2) is 60.8 Å². The lowest BCUT2D eigenvalue weighted by atomic mass is 10.1. The molecule has 12 heteroatoms. The van der Waals surface area contributed by atoms with Gasteiger partial charge in [0.15, 0.2) is 11.6 Å². The monoisotopic (exact) mass is 662 g/mol. The van der Waals surface area contributed by atoms with E-state index in [0.29, 0.717) is 24.6 Å². The molecule has 0 aliphatic carbocycles. The molecule has 1 fully saturated rings. The Morgan fingerprint density at radius 3 is 2.29 bits per heavy atom. The Morgan fingerprint density at radius 1 is 0.896 bits per heavy atom. The summed E-state index contributed by atoms with van der Waals surface area (Å²) < 4.78 is 55.3. The zero-order valence-electron chi connectivity index (χ0n) is 27.7. The van der Waals surface area contributed by atoms with Crippen molar-refractivity contribution in [3.63, 3.8) is 0 Å². The lowest BCUT2D eigenvalue weighted by Crippen LogP contribution is -2.47. The number of amides is 1. The van der Waals surface area contributed by atoms with E-state index >= 15 is 4.39 Å². The molecule has 1 saturated heterocycles. The number of nitrogens with zero attached hydrogens (tertiary/aromatic N) is 5. The molecule has 3 aromatic carbocycles. The van der Waals surface area contributed by atoms with Gasteiger partial charge in [-0.3, -0.25) is 9.80 Å². The van der Waals surface area contributed by atoms with Crippen LogP contribution in [0.1, 0.15) is 35.6 Å². The molecule has 1 aliphatic rings. The van der Waals surface area contributed by atoms with Gasteiger partial charge in [-0.25, -0.2) is 22.9 Å². The molecule has 0 spiro atoms. The van der Waals surface area contributed by atoms with Gasteiger partial charge in [0.2, 0.25) is 5.95 Å². The number of carbonyl (C=O) groups is 1. The summed E-state index contributed by atoms with van der Waals surface area (Å²) in [6.45, 7) is 13.5. The Kier molecular flexibility index (Phi) is 11.5. The second kappa shape index (κ2) is 15.9. The van der Waals surface area contributed by atoms with Crippen LogP contribution in [-0.4, -0.2) is 71.7 Å². The normalized spacial score (nSPS) is 13.7. The van der Waals surface area contributed by atoms with Gasteiger partial charge in [0.1, 0.15) is 29.8 Å². The predicted molar refractivity (Wildman–Crippen MR) is 180 cm³/mol. The van der Waals surface area contributed by atoms with Crippen molar-refractivity contribution in [2.75, 3.05) is 56.1 Å². The van der Waals surface area contributed by atoms with Crippen LogP contribution in [0.4, 0.5) is 35.4 Å². The van der Waals surface area contributed by atoms with Crippen molar-refractivity contribution in [3.8, 4) is 11.5 Å². The minimum absolute atomic E-state index is 0.0444. The molecule has 0 saturated carbocycles. The van der Waals surface area contributed by atoms with Crippen molar-refractivity contribution < 1.29 is 27.4 Å². The van der Waals surface area contributed by atoms with Gasteiger partial charge in [-0.15, -0.1) is 0 Å². The van der Waals surface area contributed by atoms with Crippen molar-refractivity contribution in [1.82, 2.24) is 19.8 Å². The maximum absolute atomic E-state index is 15.0. The number of halogens is 3. The molecular weight excluding hydrogens is 621 g/mol. The van der Waals surface area contributed by atoms with E-state index in [4.69, 9.17) is 9.47 Å². The number of aromatic nitrogens is 2. The molecule has 0 atom stereocenters. The molecule has 254 valence electrons. The highest BCUT2D eigenvalue weighted by atomic mass is 19.1. The fourth-order valence-corrected chi connectivity index (χ4v) is 5.77. The molecule has 1 aromatic heterocycles. The SMILES string of the molecule is CCCN1CCN(CCOc2ccc(Nc3nccc(N(Cc4cc(F)ccc4F)C(=O)Oc4c(C)cc(C)cc4C)n3)cc2F)CC1. The molecule has 1 amide bonds. The standard InChI is InChI=1S/C36H41F3N6O3/c1-5-12-43-13-15-44(16-14-43)17-18-47-32-9-7-29(22-31(32)39)41-35-40-11-10-33(42-35)45(23-27-21-28(37)6-8-30(27)38)36(46)48-34-25(3)19-24(2)20-26(34)4/h6-11,19-22H,5,12-18,23H2,1-4H3,(H,40,41,42). The Hall–Kier alpha value is -4.68. The van der Waals surface area contributed by atoms with Crippen LogP contribution in [-0.2, 0) is 6.54 Å². The number of anilines is 3. The average Bonchev–Trinajstić information content (AvgIpc) is 3.05. The molecular formula is C36H41F3N6O3. The number of ether oxygens (including phenoxy) is 2. The third kappa shape index (κ3) is 9.02. The topological polar surface area (TPSA) is 83.1 Å². The third-order valence-corrected chi connectivity index (χ3v) is 8.13. The van der Waals surface area contributed by atoms with Gasteiger partial charge in [0, 0.05) is 56.2 Å². The maximum atomic E-state index is 15.0. The number of nitrogens with one attached hydrogen (secondary N) is 1. The van der Waals surface area contributed by atoms with Crippen molar-refractivity contribution in [2.24, 2.45) is 0 Å². The molecule has 9 nitrogen and oxygen atoms in total. The predicted octanol–water partition coefficient (Wildman–Crippen LogP) is 7.17. The quantitative estimate of drug-likeness (QED) is 0.171.